The SMILES string of the molecule is NC(=O)C1=CN([C@]2(O)CO[C@H](COP(=O)(O)OP(=O)(O)OC[C@H]3O[C@@H](n4cnc5c(N)ncnc54)[C@H](OP(=O)(O)O)[C@H]3O)[C@@H]2O)C=CC1. The molecular formula is C21H30N7O17P3. The number of amides is 1. The number of hydrogen-bond donors (Lipinski definition) is 9. The van der Waals surface area contributed by atoms with Gasteiger partial charge in [-0.2, -0.15) is 4.31 Å². The molecule has 3 aliphatic heterocycles. The number of nitrogens with two attached hydrogens (primary N) is 2. The van der Waals surface area contributed by atoms with Gasteiger partial charge in [-0.15, -0.1) is 0 Å². The highest BCUT2D eigenvalue weighted by Gasteiger charge is 2.53. The molecule has 0 aliphatic carbocycles. The Balaban J connectivity index is 1.20. The van der Waals surface area contributed by atoms with Crippen molar-refractivity contribution in [1.82, 2.24) is 24.4 Å². The molecule has 5 rings (SSSR count). The normalized spacial score (nSPS) is 31.9. The van der Waals surface area contributed by atoms with Crippen LogP contribution in [0.1, 0.15) is 12.6 Å². The maximum Gasteiger partial charge on any atom is 0.481 e. The lowest BCUT2D eigenvalue weighted by molar-refractivity contribution is -0.125. The van der Waals surface area contributed by atoms with E-state index >= 15 is 0 Å². The van der Waals surface area contributed by atoms with E-state index in [1.54, 1.807) is 0 Å². The maximum atomic E-state index is 12.6. The van der Waals surface area contributed by atoms with Crippen LogP contribution in [0, 0.1) is 0 Å². The number of hydrogen-bond acceptors (Lipinski definition) is 18. The number of primary amides is 1. The van der Waals surface area contributed by atoms with E-state index in [1.165, 1.54) is 18.5 Å². The molecule has 24 nitrogen and oxygen atoms in total. The van der Waals surface area contributed by atoms with E-state index in [2.05, 4.69) is 23.8 Å². The number of fused-ring (bicyclic) bond motifs is 1. The molecule has 2 unspecified atom stereocenters. The first kappa shape index (κ1) is 36.5. The van der Waals surface area contributed by atoms with Crippen LogP contribution in [0.3, 0.4) is 0 Å². The molecule has 0 saturated carbocycles. The van der Waals surface area contributed by atoms with Gasteiger partial charge in [0.15, 0.2) is 23.4 Å². The second-order valence-corrected chi connectivity index (χ2v) is 14.7. The van der Waals surface area contributed by atoms with E-state index < -0.39 is 91.7 Å². The number of rotatable bonds is 13. The molecule has 48 heavy (non-hydrogen) atoms. The van der Waals surface area contributed by atoms with E-state index in [-0.39, 0.29) is 29.0 Å². The van der Waals surface area contributed by atoms with Crippen molar-refractivity contribution in [3.05, 3.63) is 36.7 Å². The fraction of sp³-hybridized carbons (Fsp3) is 0.524. The Bertz CT molecular complexity index is 1750. The highest BCUT2D eigenvalue weighted by Crippen LogP contribution is 2.61. The number of allylic oxidation sites excluding steroid dienone is 1. The van der Waals surface area contributed by atoms with E-state index in [0.717, 1.165) is 22.1 Å². The molecule has 0 spiro atoms. The van der Waals surface area contributed by atoms with Gasteiger partial charge in [0.25, 0.3) is 0 Å². The molecule has 3 aliphatic rings. The number of ether oxygens (including phenoxy) is 2. The van der Waals surface area contributed by atoms with Gasteiger partial charge in [-0.1, -0.05) is 6.08 Å². The van der Waals surface area contributed by atoms with Gasteiger partial charge in [-0.05, 0) is 6.42 Å². The minimum atomic E-state index is -5.52. The molecule has 9 atom stereocenters. The molecule has 266 valence electrons. The average Bonchev–Trinajstić information content (AvgIpc) is 3.65. The predicted octanol–water partition coefficient (Wildman–Crippen LogP) is -2.57. The molecule has 27 heteroatoms. The van der Waals surface area contributed by atoms with Crippen LogP contribution in [0.25, 0.3) is 11.2 Å². The van der Waals surface area contributed by atoms with Crippen molar-refractivity contribution in [2.24, 2.45) is 5.73 Å². The lowest BCUT2D eigenvalue weighted by Crippen LogP contribution is -2.54. The van der Waals surface area contributed by atoms with Crippen molar-refractivity contribution >= 4 is 46.4 Å². The van der Waals surface area contributed by atoms with Crippen LogP contribution < -0.4 is 11.5 Å². The van der Waals surface area contributed by atoms with Gasteiger partial charge in [0, 0.05) is 18.0 Å². The first-order valence-corrected chi connectivity index (χ1v) is 18.0. The fourth-order valence-electron chi connectivity index (χ4n) is 4.95. The Morgan fingerprint density at radius 3 is 2.38 bits per heavy atom. The molecular weight excluding hydrogens is 715 g/mol. The number of carbonyl (C=O) groups is 1. The predicted molar refractivity (Wildman–Crippen MR) is 153 cm³/mol. The summed E-state index contributed by atoms with van der Waals surface area (Å²) in [6.45, 7) is -2.60. The van der Waals surface area contributed by atoms with Gasteiger partial charge in [0.2, 0.25) is 5.91 Å². The molecule has 2 aromatic heterocycles. The van der Waals surface area contributed by atoms with Gasteiger partial charge < -0.3 is 60.7 Å². The average molecular weight is 745 g/mol. The summed E-state index contributed by atoms with van der Waals surface area (Å²) in [6, 6.07) is 0. The summed E-state index contributed by atoms with van der Waals surface area (Å²) >= 11 is 0. The summed E-state index contributed by atoms with van der Waals surface area (Å²) in [7, 11) is -16.3. The van der Waals surface area contributed by atoms with E-state index in [1.807, 2.05) is 0 Å². The zero-order valence-electron chi connectivity index (χ0n) is 24.1. The zero-order valence-corrected chi connectivity index (χ0v) is 26.8. The summed E-state index contributed by atoms with van der Waals surface area (Å²) in [5.41, 5.74) is 9.03. The van der Waals surface area contributed by atoms with E-state index in [9.17, 15) is 53.4 Å². The summed E-state index contributed by atoms with van der Waals surface area (Å²) in [5, 5.41) is 32.4. The topological polar surface area (TPSA) is 364 Å². The molecule has 11 N–H and O–H groups in total. The first-order valence-electron chi connectivity index (χ1n) is 13.4. The number of phosphoric ester groups is 3. The van der Waals surface area contributed by atoms with Gasteiger partial charge >= 0.3 is 23.5 Å². The van der Waals surface area contributed by atoms with E-state index in [0.29, 0.717) is 0 Å². The largest absolute Gasteiger partial charge is 0.481 e. The van der Waals surface area contributed by atoms with Crippen molar-refractivity contribution in [3.8, 4) is 0 Å². The summed E-state index contributed by atoms with van der Waals surface area (Å²) in [4.78, 5) is 63.3. The molecule has 1 amide bonds. The number of nitrogen functional groups attached to an aromatic ring is 1. The number of imidazole rings is 1. The van der Waals surface area contributed by atoms with Gasteiger partial charge in [-0.25, -0.2) is 28.6 Å². The minimum Gasteiger partial charge on any atom is -0.387 e. The zero-order chi connectivity index (χ0) is 35.2. The fourth-order valence-corrected chi connectivity index (χ4v) is 7.59. The monoisotopic (exact) mass is 745 g/mol. The van der Waals surface area contributed by atoms with Crippen LogP contribution in [0.4, 0.5) is 5.82 Å². The number of aliphatic hydroxyl groups excluding tert-OH is 2. The number of carbonyl (C=O) groups excluding carboxylic acids is 1. The summed E-state index contributed by atoms with van der Waals surface area (Å²) < 4.78 is 67.0. The molecule has 5 heterocycles. The van der Waals surface area contributed by atoms with Crippen molar-refractivity contribution in [3.63, 3.8) is 0 Å². The second-order valence-electron chi connectivity index (χ2n) is 10.5. The summed E-state index contributed by atoms with van der Waals surface area (Å²) in [6.07, 6.45) is -3.98. The van der Waals surface area contributed by atoms with Crippen molar-refractivity contribution in [2.75, 3.05) is 25.6 Å². The number of nitrogens with zero attached hydrogens (tertiary/aromatic N) is 5. The van der Waals surface area contributed by atoms with Crippen LogP contribution >= 0.6 is 23.5 Å². The maximum absolute atomic E-state index is 12.6. The van der Waals surface area contributed by atoms with Crippen LogP contribution in [0.2, 0.25) is 0 Å². The third kappa shape index (κ3) is 7.85. The van der Waals surface area contributed by atoms with Gasteiger partial charge in [0.05, 0.1) is 26.1 Å². The molecule has 0 bridgehead atoms. The Morgan fingerprint density at radius 1 is 1.06 bits per heavy atom. The van der Waals surface area contributed by atoms with Gasteiger partial charge in [-0.3, -0.25) is 22.9 Å². The first-order chi connectivity index (χ1) is 22.3. The Kier molecular flexibility index (Phi) is 10.3. The Hall–Kier alpha value is -2.73. The molecule has 0 radical (unpaired) electrons. The number of phosphoric acid groups is 3. The lowest BCUT2D eigenvalue weighted by atomic mass is 10.0. The molecule has 2 fully saturated rings. The van der Waals surface area contributed by atoms with E-state index in [4.69, 9.17) is 30.0 Å². The van der Waals surface area contributed by atoms with Crippen molar-refractivity contribution in [1.29, 1.82) is 0 Å². The molecule has 0 aromatic carbocycles. The van der Waals surface area contributed by atoms with Crippen LogP contribution in [-0.2, 0) is 45.8 Å². The quantitative estimate of drug-likeness (QED) is 0.0951. The van der Waals surface area contributed by atoms with Crippen LogP contribution in [0.5, 0.6) is 0 Å². The van der Waals surface area contributed by atoms with Crippen LogP contribution in [-0.4, -0.2) is 121 Å². The Labute approximate surface area is 268 Å². The second kappa shape index (κ2) is 13.5. The van der Waals surface area contributed by atoms with Crippen molar-refractivity contribution in [2.45, 2.75) is 48.9 Å². The molecule has 2 aromatic rings. The number of aromatic nitrogens is 4. The smallest absolute Gasteiger partial charge is 0.387 e. The van der Waals surface area contributed by atoms with Crippen LogP contribution in [0.15, 0.2) is 36.7 Å². The lowest BCUT2D eigenvalue weighted by Gasteiger charge is -2.37. The Morgan fingerprint density at radius 2 is 1.73 bits per heavy atom. The highest BCUT2D eigenvalue weighted by atomic mass is 31.3. The molecule has 2 saturated heterocycles. The third-order valence-electron chi connectivity index (χ3n) is 7.24. The third-order valence-corrected chi connectivity index (χ3v) is 10.4. The number of aliphatic hydroxyl groups is 3. The highest BCUT2D eigenvalue weighted by molar-refractivity contribution is 7.61. The minimum absolute atomic E-state index is 0.00387. The number of anilines is 1. The summed E-state index contributed by atoms with van der Waals surface area (Å²) in [5.74, 6) is -0.829. The van der Waals surface area contributed by atoms with Crippen molar-refractivity contribution < 1.29 is 80.7 Å². The standard InChI is InChI=1S/C21H30N7O17P3/c22-17-13-19(25-8-24-17)28(9-26-13)20-15(44-46(33,34)35)14(29)11(43-20)5-41-47(36,37)45-48(38,39)42-6-12-16(30)21(32,7-40-12)27-3-1-2-10(4-27)18(23)31/h1,3-4,8-9,11-12,14-16,20,29-30,32H,2,5-7H2,(H2,23,31)(H,36,37)(H,38,39)(H2,22,24,25)(H2,33,34,35)/t11-,12-,14+,15-,16+,20-,21+/m1/s1. The van der Waals surface area contributed by atoms with Gasteiger partial charge in [0.1, 0.15) is 42.4 Å².